The van der Waals surface area contributed by atoms with Crippen LogP contribution in [0, 0.1) is 0 Å². The molecule has 2 rings (SSSR count). The predicted octanol–water partition coefficient (Wildman–Crippen LogP) is 1.09. The number of rotatable bonds is 3. The van der Waals surface area contributed by atoms with Gasteiger partial charge in [0.15, 0.2) is 0 Å². The van der Waals surface area contributed by atoms with Crippen molar-refractivity contribution in [1.82, 2.24) is 10.3 Å². The van der Waals surface area contributed by atoms with Crippen molar-refractivity contribution in [3.8, 4) is 5.75 Å². The number of hydrogen-bond acceptors (Lipinski definition) is 4. The van der Waals surface area contributed by atoms with E-state index in [0.717, 1.165) is 25.7 Å². The second-order valence-electron chi connectivity index (χ2n) is 4.60. The van der Waals surface area contributed by atoms with Gasteiger partial charge in [0.2, 0.25) is 0 Å². The molecule has 1 aromatic heterocycles. The zero-order chi connectivity index (χ0) is 13.0. The zero-order valence-corrected chi connectivity index (χ0v) is 10.6. The highest BCUT2D eigenvalue weighted by atomic mass is 16.5. The molecule has 1 aliphatic rings. The summed E-state index contributed by atoms with van der Waals surface area (Å²) < 4.78 is 5.13. The lowest BCUT2D eigenvalue weighted by atomic mass is 9.91. The van der Waals surface area contributed by atoms with Crippen LogP contribution in [0.25, 0.3) is 0 Å². The van der Waals surface area contributed by atoms with Crippen LogP contribution < -0.4 is 15.8 Å². The molecule has 0 bridgehead atoms. The van der Waals surface area contributed by atoms with Gasteiger partial charge in [-0.3, -0.25) is 9.78 Å². The highest BCUT2D eigenvalue weighted by Crippen LogP contribution is 2.19. The summed E-state index contributed by atoms with van der Waals surface area (Å²) in [5.74, 6) is 0.344. The number of amides is 1. The maximum Gasteiger partial charge on any atom is 0.255 e. The summed E-state index contributed by atoms with van der Waals surface area (Å²) in [6.45, 7) is 0. The van der Waals surface area contributed by atoms with Crippen LogP contribution in [0.4, 0.5) is 0 Å². The van der Waals surface area contributed by atoms with E-state index < -0.39 is 0 Å². The molecular weight excluding hydrogens is 230 g/mol. The predicted molar refractivity (Wildman–Crippen MR) is 68.5 cm³/mol. The van der Waals surface area contributed by atoms with Crippen molar-refractivity contribution in [3.63, 3.8) is 0 Å². The van der Waals surface area contributed by atoms with Crippen molar-refractivity contribution in [2.24, 2.45) is 5.73 Å². The molecule has 98 valence electrons. The van der Waals surface area contributed by atoms with Gasteiger partial charge in [-0.2, -0.15) is 0 Å². The normalized spacial score (nSPS) is 23.4. The Morgan fingerprint density at radius 2 is 2.28 bits per heavy atom. The van der Waals surface area contributed by atoms with Crippen molar-refractivity contribution in [3.05, 3.63) is 24.0 Å². The minimum atomic E-state index is -0.142. The van der Waals surface area contributed by atoms with Gasteiger partial charge in [-0.15, -0.1) is 0 Å². The van der Waals surface area contributed by atoms with Gasteiger partial charge in [0.1, 0.15) is 5.75 Å². The summed E-state index contributed by atoms with van der Waals surface area (Å²) in [4.78, 5) is 16.1. The van der Waals surface area contributed by atoms with Gasteiger partial charge in [0.05, 0.1) is 18.9 Å². The molecule has 0 aliphatic heterocycles. The van der Waals surface area contributed by atoms with Crippen LogP contribution in [-0.4, -0.2) is 30.1 Å². The lowest BCUT2D eigenvalue weighted by Gasteiger charge is -2.29. The van der Waals surface area contributed by atoms with Gasteiger partial charge in [-0.05, 0) is 18.9 Å². The first kappa shape index (κ1) is 12.8. The first-order valence-electron chi connectivity index (χ1n) is 6.27. The second-order valence-corrected chi connectivity index (χ2v) is 4.60. The molecule has 0 radical (unpaired) electrons. The van der Waals surface area contributed by atoms with E-state index in [9.17, 15) is 4.79 Å². The maximum absolute atomic E-state index is 12.2. The average molecular weight is 249 g/mol. The summed E-state index contributed by atoms with van der Waals surface area (Å²) in [7, 11) is 1.53. The van der Waals surface area contributed by atoms with Gasteiger partial charge in [-0.25, -0.2) is 0 Å². The third-order valence-electron chi connectivity index (χ3n) is 3.38. The number of ether oxygens (including phenoxy) is 1. The Morgan fingerprint density at radius 1 is 1.50 bits per heavy atom. The standard InChI is InChI=1S/C13H19N3O2/c1-18-12-8-15-7-6-9(12)13(17)16-11-5-3-2-4-10(11)14/h6-8,10-11H,2-5,14H2,1H3,(H,16,17). The van der Waals surface area contributed by atoms with E-state index in [-0.39, 0.29) is 18.0 Å². The lowest BCUT2D eigenvalue weighted by molar-refractivity contribution is 0.0918. The summed E-state index contributed by atoms with van der Waals surface area (Å²) in [5.41, 5.74) is 6.52. The molecule has 1 aliphatic carbocycles. The molecule has 1 aromatic rings. The van der Waals surface area contributed by atoms with Gasteiger partial charge in [0.25, 0.3) is 5.91 Å². The number of pyridine rings is 1. The Labute approximate surface area is 107 Å². The summed E-state index contributed by atoms with van der Waals surface area (Å²) in [5, 5.41) is 2.99. The molecule has 0 saturated heterocycles. The van der Waals surface area contributed by atoms with Crippen LogP contribution in [0.15, 0.2) is 18.5 Å². The van der Waals surface area contributed by atoms with E-state index in [2.05, 4.69) is 10.3 Å². The first-order chi connectivity index (χ1) is 8.72. The van der Waals surface area contributed by atoms with E-state index in [0.29, 0.717) is 11.3 Å². The third kappa shape index (κ3) is 2.79. The summed E-state index contributed by atoms with van der Waals surface area (Å²) >= 11 is 0. The van der Waals surface area contributed by atoms with Crippen molar-refractivity contribution in [2.75, 3.05) is 7.11 Å². The molecule has 3 N–H and O–H groups in total. The monoisotopic (exact) mass is 249 g/mol. The Balaban J connectivity index is 2.07. The number of aromatic nitrogens is 1. The van der Waals surface area contributed by atoms with Crippen molar-refractivity contribution >= 4 is 5.91 Å². The molecule has 1 saturated carbocycles. The van der Waals surface area contributed by atoms with Crippen LogP contribution in [0.1, 0.15) is 36.0 Å². The largest absolute Gasteiger partial charge is 0.494 e. The van der Waals surface area contributed by atoms with Crippen LogP contribution in [0.3, 0.4) is 0 Å². The number of hydrogen-bond donors (Lipinski definition) is 2. The van der Waals surface area contributed by atoms with Crippen LogP contribution in [0.2, 0.25) is 0 Å². The number of nitrogens with zero attached hydrogens (tertiary/aromatic N) is 1. The van der Waals surface area contributed by atoms with E-state index >= 15 is 0 Å². The molecule has 18 heavy (non-hydrogen) atoms. The van der Waals surface area contributed by atoms with Crippen LogP contribution in [-0.2, 0) is 0 Å². The van der Waals surface area contributed by atoms with E-state index in [1.807, 2.05) is 0 Å². The Morgan fingerprint density at radius 3 is 3.00 bits per heavy atom. The fraction of sp³-hybridized carbons (Fsp3) is 0.538. The number of nitrogens with two attached hydrogens (primary N) is 1. The minimum absolute atomic E-state index is 0.0514. The molecule has 5 nitrogen and oxygen atoms in total. The average Bonchev–Trinajstić information content (AvgIpc) is 2.41. The summed E-state index contributed by atoms with van der Waals surface area (Å²) in [6.07, 6.45) is 7.30. The fourth-order valence-corrected chi connectivity index (χ4v) is 2.32. The van der Waals surface area contributed by atoms with Gasteiger partial charge in [0, 0.05) is 18.3 Å². The SMILES string of the molecule is COc1cnccc1C(=O)NC1CCCCC1N. The molecule has 1 amide bonds. The highest BCUT2D eigenvalue weighted by molar-refractivity contribution is 5.96. The maximum atomic E-state index is 12.2. The van der Waals surface area contributed by atoms with Gasteiger partial charge < -0.3 is 15.8 Å². The number of methoxy groups -OCH3 is 1. The third-order valence-corrected chi connectivity index (χ3v) is 3.38. The van der Waals surface area contributed by atoms with E-state index in [1.165, 1.54) is 13.3 Å². The lowest BCUT2D eigenvalue weighted by Crippen LogP contribution is -2.49. The van der Waals surface area contributed by atoms with Crippen LogP contribution >= 0.6 is 0 Å². The zero-order valence-electron chi connectivity index (χ0n) is 10.6. The quantitative estimate of drug-likeness (QED) is 0.840. The molecule has 5 heteroatoms. The van der Waals surface area contributed by atoms with Crippen LogP contribution in [0.5, 0.6) is 5.75 Å². The molecule has 0 aromatic carbocycles. The topological polar surface area (TPSA) is 77.2 Å². The molecule has 2 atom stereocenters. The molecule has 0 spiro atoms. The number of carbonyl (C=O) groups is 1. The summed E-state index contributed by atoms with van der Waals surface area (Å²) in [6, 6.07) is 1.77. The second kappa shape index (κ2) is 5.82. The molecule has 2 unspecified atom stereocenters. The number of nitrogens with one attached hydrogen (secondary N) is 1. The Hall–Kier alpha value is -1.62. The Kier molecular flexibility index (Phi) is 4.15. The highest BCUT2D eigenvalue weighted by Gasteiger charge is 2.24. The van der Waals surface area contributed by atoms with Crippen molar-refractivity contribution < 1.29 is 9.53 Å². The van der Waals surface area contributed by atoms with Crippen molar-refractivity contribution in [1.29, 1.82) is 0 Å². The minimum Gasteiger partial charge on any atom is -0.494 e. The van der Waals surface area contributed by atoms with Gasteiger partial charge >= 0.3 is 0 Å². The Bertz CT molecular complexity index is 422. The molecular formula is C13H19N3O2. The molecule has 1 fully saturated rings. The van der Waals surface area contributed by atoms with Crippen molar-refractivity contribution in [2.45, 2.75) is 37.8 Å². The van der Waals surface area contributed by atoms with E-state index in [1.54, 1.807) is 12.3 Å². The van der Waals surface area contributed by atoms with Gasteiger partial charge in [-0.1, -0.05) is 12.8 Å². The number of carbonyl (C=O) groups excluding carboxylic acids is 1. The molecule has 1 heterocycles. The fourth-order valence-electron chi connectivity index (χ4n) is 2.32. The van der Waals surface area contributed by atoms with E-state index in [4.69, 9.17) is 10.5 Å². The smallest absolute Gasteiger partial charge is 0.255 e. The first-order valence-corrected chi connectivity index (χ1v) is 6.27.